The standard InChI is InChI=1S/C27H39N5O2/c1-26(2,3)10-11-27(4,5)19-34-25(33)32-14-12-31(13-15-32)24(23-18-29-20-30-23)16-21-6-8-22(17-28)9-7-21/h6-9,18,20,24H,10-16,19H2,1-5H3,(H,29,30). The molecule has 1 saturated heterocycles. The number of amides is 1. The number of imidazole rings is 1. The maximum atomic E-state index is 12.7. The normalized spacial score (nSPS) is 16.2. The highest BCUT2D eigenvalue weighted by Crippen LogP contribution is 2.31. The Morgan fingerprint density at radius 3 is 2.35 bits per heavy atom. The van der Waals surface area contributed by atoms with Crippen molar-refractivity contribution in [3.8, 4) is 6.07 Å². The molecular formula is C27H39N5O2. The fourth-order valence-electron chi connectivity index (χ4n) is 4.17. The van der Waals surface area contributed by atoms with E-state index in [1.54, 1.807) is 6.33 Å². The number of hydrogen-bond acceptors (Lipinski definition) is 5. The van der Waals surface area contributed by atoms with Gasteiger partial charge < -0.3 is 14.6 Å². The number of aromatic nitrogens is 2. The number of rotatable bonds is 8. The average molecular weight is 466 g/mol. The summed E-state index contributed by atoms with van der Waals surface area (Å²) >= 11 is 0. The lowest BCUT2D eigenvalue weighted by Gasteiger charge is -2.39. The van der Waals surface area contributed by atoms with Crippen molar-refractivity contribution in [1.29, 1.82) is 5.26 Å². The van der Waals surface area contributed by atoms with Gasteiger partial charge in [0.15, 0.2) is 0 Å². The van der Waals surface area contributed by atoms with Gasteiger partial charge in [0.25, 0.3) is 0 Å². The average Bonchev–Trinajstić information content (AvgIpc) is 3.35. The molecule has 1 aromatic carbocycles. The Hall–Kier alpha value is -2.85. The number of benzene rings is 1. The van der Waals surface area contributed by atoms with Crippen molar-refractivity contribution in [2.75, 3.05) is 32.8 Å². The number of piperazine rings is 1. The molecule has 1 atom stereocenters. The van der Waals surface area contributed by atoms with Crippen LogP contribution in [0.25, 0.3) is 0 Å². The van der Waals surface area contributed by atoms with Crippen LogP contribution in [0.15, 0.2) is 36.8 Å². The summed E-state index contributed by atoms with van der Waals surface area (Å²) in [5, 5.41) is 9.06. The molecule has 1 unspecified atom stereocenters. The van der Waals surface area contributed by atoms with Crippen molar-refractivity contribution in [2.45, 2.75) is 59.9 Å². The summed E-state index contributed by atoms with van der Waals surface area (Å²) in [5.74, 6) is 0. The zero-order valence-corrected chi connectivity index (χ0v) is 21.3. The molecule has 1 N–H and O–H groups in total. The number of carbonyl (C=O) groups is 1. The third-order valence-corrected chi connectivity index (χ3v) is 6.54. The van der Waals surface area contributed by atoms with Crippen LogP contribution < -0.4 is 0 Å². The number of carbonyl (C=O) groups excluding carboxylic acids is 1. The van der Waals surface area contributed by atoms with E-state index in [2.05, 4.69) is 55.6 Å². The molecule has 184 valence electrons. The monoisotopic (exact) mass is 465 g/mol. The number of nitrogens with one attached hydrogen (secondary N) is 1. The predicted molar refractivity (Wildman–Crippen MR) is 133 cm³/mol. The second-order valence-electron chi connectivity index (χ2n) is 11.3. The number of H-pyrrole nitrogens is 1. The lowest BCUT2D eigenvalue weighted by molar-refractivity contribution is 0.0384. The van der Waals surface area contributed by atoms with E-state index in [0.717, 1.165) is 43.6 Å². The molecule has 1 amide bonds. The highest BCUT2D eigenvalue weighted by Gasteiger charge is 2.30. The Morgan fingerprint density at radius 1 is 1.12 bits per heavy atom. The van der Waals surface area contributed by atoms with Gasteiger partial charge in [-0.2, -0.15) is 5.26 Å². The first-order chi connectivity index (χ1) is 16.1. The Bertz CT molecular complexity index is 946. The van der Waals surface area contributed by atoms with Crippen LogP contribution in [0.3, 0.4) is 0 Å². The SMILES string of the molecule is CC(C)(C)CCC(C)(C)COC(=O)N1CCN(C(Cc2ccc(C#N)cc2)c2cnc[nH]2)CC1. The molecular weight excluding hydrogens is 426 g/mol. The van der Waals surface area contributed by atoms with Crippen LogP contribution in [-0.2, 0) is 11.2 Å². The van der Waals surface area contributed by atoms with E-state index in [1.165, 1.54) is 0 Å². The Balaban J connectivity index is 1.54. The smallest absolute Gasteiger partial charge is 0.409 e. The molecule has 1 aliphatic rings. The van der Waals surface area contributed by atoms with Gasteiger partial charge in [-0.05, 0) is 47.8 Å². The highest BCUT2D eigenvalue weighted by molar-refractivity contribution is 5.67. The maximum Gasteiger partial charge on any atom is 0.409 e. The summed E-state index contributed by atoms with van der Waals surface area (Å²) in [7, 11) is 0. The van der Waals surface area contributed by atoms with Gasteiger partial charge in [0.2, 0.25) is 0 Å². The number of aromatic amines is 1. The fraction of sp³-hybridized carbons (Fsp3) is 0.593. The molecule has 0 bridgehead atoms. The van der Waals surface area contributed by atoms with Crippen molar-refractivity contribution in [2.24, 2.45) is 10.8 Å². The third-order valence-electron chi connectivity index (χ3n) is 6.54. The Morgan fingerprint density at radius 2 is 1.79 bits per heavy atom. The molecule has 0 saturated carbocycles. The zero-order chi connectivity index (χ0) is 24.8. The fourth-order valence-corrected chi connectivity index (χ4v) is 4.17. The minimum absolute atomic E-state index is 0.0302. The van der Waals surface area contributed by atoms with Gasteiger partial charge >= 0.3 is 6.09 Å². The van der Waals surface area contributed by atoms with Gasteiger partial charge in [-0.15, -0.1) is 0 Å². The van der Waals surface area contributed by atoms with E-state index >= 15 is 0 Å². The third kappa shape index (κ3) is 7.59. The van der Waals surface area contributed by atoms with Crippen LogP contribution in [0.4, 0.5) is 4.79 Å². The molecule has 2 heterocycles. The molecule has 1 fully saturated rings. The van der Waals surface area contributed by atoms with Crippen LogP contribution >= 0.6 is 0 Å². The van der Waals surface area contributed by atoms with Crippen molar-refractivity contribution in [3.63, 3.8) is 0 Å². The molecule has 1 aromatic heterocycles. The number of nitriles is 1. The molecule has 3 rings (SSSR count). The minimum Gasteiger partial charge on any atom is -0.449 e. The van der Waals surface area contributed by atoms with Gasteiger partial charge in [-0.25, -0.2) is 9.78 Å². The molecule has 2 aromatic rings. The van der Waals surface area contributed by atoms with Crippen LogP contribution in [0.5, 0.6) is 0 Å². The lowest BCUT2D eigenvalue weighted by Crippen LogP contribution is -2.50. The van der Waals surface area contributed by atoms with Crippen molar-refractivity contribution in [3.05, 3.63) is 53.6 Å². The van der Waals surface area contributed by atoms with E-state index < -0.39 is 0 Å². The molecule has 0 spiro atoms. The van der Waals surface area contributed by atoms with Gasteiger partial charge in [0.05, 0.1) is 36.3 Å². The number of hydrogen-bond donors (Lipinski definition) is 1. The second kappa shape index (κ2) is 11.1. The van der Waals surface area contributed by atoms with Crippen molar-refractivity contribution in [1.82, 2.24) is 19.8 Å². The summed E-state index contributed by atoms with van der Waals surface area (Å²) in [5.41, 5.74) is 3.13. The maximum absolute atomic E-state index is 12.7. The molecule has 0 aliphatic carbocycles. The number of ether oxygens (including phenoxy) is 1. The largest absolute Gasteiger partial charge is 0.449 e. The summed E-state index contributed by atoms with van der Waals surface area (Å²) in [6.07, 6.45) is 6.29. The topological polar surface area (TPSA) is 85.2 Å². The summed E-state index contributed by atoms with van der Waals surface area (Å²) in [6, 6.07) is 10.0. The van der Waals surface area contributed by atoms with E-state index in [4.69, 9.17) is 10.00 Å². The van der Waals surface area contributed by atoms with Gasteiger partial charge in [0, 0.05) is 32.4 Å². The van der Waals surface area contributed by atoms with Crippen LogP contribution in [-0.4, -0.2) is 58.6 Å². The lowest BCUT2D eigenvalue weighted by atomic mass is 9.80. The first-order valence-electron chi connectivity index (χ1n) is 12.2. The van der Waals surface area contributed by atoms with E-state index in [1.807, 2.05) is 35.4 Å². The van der Waals surface area contributed by atoms with E-state index in [0.29, 0.717) is 25.3 Å². The summed E-state index contributed by atoms with van der Waals surface area (Å²) in [4.78, 5) is 24.4. The minimum atomic E-state index is -0.214. The molecule has 7 heteroatoms. The molecule has 1 aliphatic heterocycles. The predicted octanol–water partition coefficient (Wildman–Crippen LogP) is 5.17. The van der Waals surface area contributed by atoms with Crippen LogP contribution in [0.1, 0.15) is 70.3 Å². The first-order valence-corrected chi connectivity index (χ1v) is 12.2. The highest BCUT2D eigenvalue weighted by atomic mass is 16.6. The zero-order valence-electron chi connectivity index (χ0n) is 21.3. The summed E-state index contributed by atoms with van der Waals surface area (Å²) < 4.78 is 5.72. The van der Waals surface area contributed by atoms with Gasteiger partial charge in [-0.3, -0.25) is 4.90 Å². The van der Waals surface area contributed by atoms with E-state index in [9.17, 15) is 4.79 Å². The first kappa shape index (κ1) is 25.8. The Labute approximate surface area is 204 Å². The van der Waals surface area contributed by atoms with Crippen LogP contribution in [0, 0.1) is 22.2 Å². The quantitative estimate of drug-likeness (QED) is 0.581. The number of nitrogens with zero attached hydrogens (tertiary/aromatic N) is 4. The van der Waals surface area contributed by atoms with Gasteiger partial charge in [-0.1, -0.05) is 46.8 Å². The molecule has 34 heavy (non-hydrogen) atoms. The summed E-state index contributed by atoms with van der Waals surface area (Å²) in [6.45, 7) is 14.3. The Kier molecular flexibility index (Phi) is 8.37. The van der Waals surface area contributed by atoms with Gasteiger partial charge in [0.1, 0.15) is 0 Å². The molecule has 7 nitrogen and oxygen atoms in total. The van der Waals surface area contributed by atoms with E-state index in [-0.39, 0.29) is 23.0 Å². The van der Waals surface area contributed by atoms with Crippen molar-refractivity contribution < 1.29 is 9.53 Å². The second-order valence-corrected chi connectivity index (χ2v) is 11.3. The molecule has 0 radical (unpaired) electrons. The van der Waals surface area contributed by atoms with Crippen LogP contribution in [0.2, 0.25) is 0 Å². The van der Waals surface area contributed by atoms with Crippen molar-refractivity contribution >= 4 is 6.09 Å².